The number of hydrogen-bond donors (Lipinski definition) is 1. The summed E-state index contributed by atoms with van der Waals surface area (Å²) in [5, 5.41) is 3.38. The zero-order valence-corrected chi connectivity index (χ0v) is 12.0. The molecule has 6 heteroatoms. The average molecular weight is 296 g/mol. The van der Waals surface area contributed by atoms with Crippen LogP contribution in [0.4, 0.5) is 10.3 Å². The van der Waals surface area contributed by atoms with Gasteiger partial charge in [-0.05, 0) is 31.0 Å². The lowest BCUT2D eigenvalue weighted by Crippen LogP contribution is -2.05. The van der Waals surface area contributed by atoms with E-state index in [-0.39, 0.29) is 5.88 Å². The Morgan fingerprint density at radius 2 is 2.20 bits per heavy atom. The van der Waals surface area contributed by atoms with Crippen molar-refractivity contribution in [2.24, 2.45) is 0 Å². The lowest BCUT2D eigenvalue weighted by Gasteiger charge is -2.09. The summed E-state index contributed by atoms with van der Waals surface area (Å²) in [6.45, 7) is 4.63. The minimum Gasteiger partial charge on any atom is -0.435 e. The maximum atomic E-state index is 13.7. The molecule has 1 heterocycles. The Hall–Kier alpha value is -1.88. The first-order chi connectivity index (χ1) is 9.60. The summed E-state index contributed by atoms with van der Waals surface area (Å²) >= 11 is 6.05. The molecule has 0 saturated carbocycles. The van der Waals surface area contributed by atoms with Crippen LogP contribution in [0.25, 0.3) is 0 Å². The first-order valence-electron chi connectivity index (χ1n) is 6.30. The molecular formula is C14H15ClFN3O. The van der Waals surface area contributed by atoms with E-state index in [1.54, 1.807) is 12.1 Å². The Morgan fingerprint density at radius 3 is 2.90 bits per heavy atom. The van der Waals surface area contributed by atoms with Gasteiger partial charge in [-0.1, -0.05) is 24.6 Å². The lowest BCUT2D eigenvalue weighted by molar-refractivity contribution is 0.421. The Bertz CT molecular complexity index is 607. The van der Waals surface area contributed by atoms with Gasteiger partial charge in [-0.2, -0.15) is 9.37 Å². The number of aryl methyl sites for hydroxylation is 1. The number of anilines is 1. The molecular weight excluding hydrogens is 281 g/mol. The molecule has 4 nitrogen and oxygen atoms in total. The van der Waals surface area contributed by atoms with Crippen molar-refractivity contribution in [1.82, 2.24) is 9.97 Å². The summed E-state index contributed by atoms with van der Waals surface area (Å²) in [5.41, 5.74) is 0.996. The molecule has 2 aromatic rings. The van der Waals surface area contributed by atoms with Crippen molar-refractivity contribution in [3.8, 4) is 11.6 Å². The zero-order chi connectivity index (χ0) is 14.5. The Balaban J connectivity index is 2.23. The van der Waals surface area contributed by atoms with Gasteiger partial charge in [-0.3, -0.25) is 0 Å². The molecule has 0 radical (unpaired) electrons. The van der Waals surface area contributed by atoms with Crippen LogP contribution >= 0.6 is 11.6 Å². The van der Waals surface area contributed by atoms with E-state index in [1.807, 2.05) is 19.9 Å². The first kappa shape index (κ1) is 14.5. The van der Waals surface area contributed by atoms with E-state index in [9.17, 15) is 4.39 Å². The van der Waals surface area contributed by atoms with Crippen molar-refractivity contribution >= 4 is 17.5 Å². The van der Waals surface area contributed by atoms with Crippen molar-refractivity contribution in [2.75, 3.05) is 11.9 Å². The maximum absolute atomic E-state index is 13.7. The third-order valence-corrected chi connectivity index (χ3v) is 2.83. The molecule has 20 heavy (non-hydrogen) atoms. The molecule has 0 aliphatic heterocycles. The number of rotatable bonds is 5. The van der Waals surface area contributed by atoms with Gasteiger partial charge in [-0.25, -0.2) is 4.98 Å². The van der Waals surface area contributed by atoms with Crippen LogP contribution in [0.3, 0.4) is 0 Å². The van der Waals surface area contributed by atoms with Crippen LogP contribution in [0.15, 0.2) is 24.4 Å². The number of nitrogens with one attached hydrogen (secondary N) is 1. The van der Waals surface area contributed by atoms with E-state index in [2.05, 4.69) is 15.3 Å². The summed E-state index contributed by atoms with van der Waals surface area (Å²) in [6, 6.07) is 5.25. The molecule has 0 bridgehead atoms. The van der Waals surface area contributed by atoms with Gasteiger partial charge in [0.1, 0.15) is 5.75 Å². The van der Waals surface area contributed by atoms with E-state index in [4.69, 9.17) is 16.3 Å². The number of ether oxygens (including phenoxy) is 1. The summed E-state index contributed by atoms with van der Waals surface area (Å²) in [5.74, 6) is -0.101. The molecule has 0 aliphatic carbocycles. The number of hydrogen-bond acceptors (Lipinski definition) is 4. The predicted molar refractivity (Wildman–Crippen MR) is 77.0 cm³/mol. The monoisotopic (exact) mass is 295 g/mol. The van der Waals surface area contributed by atoms with Gasteiger partial charge in [0.25, 0.3) is 5.88 Å². The van der Waals surface area contributed by atoms with Gasteiger partial charge in [0.05, 0.1) is 11.2 Å². The number of nitrogens with zero attached hydrogens (tertiary/aromatic N) is 2. The van der Waals surface area contributed by atoms with E-state index >= 15 is 0 Å². The molecule has 0 saturated heterocycles. The third kappa shape index (κ3) is 3.57. The summed E-state index contributed by atoms with van der Waals surface area (Å²) in [6.07, 6.45) is 1.99. The Morgan fingerprint density at radius 1 is 1.40 bits per heavy atom. The van der Waals surface area contributed by atoms with Crippen molar-refractivity contribution in [2.45, 2.75) is 20.3 Å². The normalized spacial score (nSPS) is 10.4. The summed E-state index contributed by atoms with van der Waals surface area (Å²) in [7, 11) is 0. The maximum Gasteiger partial charge on any atom is 0.260 e. The molecule has 0 unspecified atom stereocenters. The Kier molecular flexibility index (Phi) is 4.74. The minimum atomic E-state index is -0.635. The van der Waals surface area contributed by atoms with E-state index in [0.29, 0.717) is 23.3 Å². The van der Waals surface area contributed by atoms with Gasteiger partial charge < -0.3 is 10.1 Å². The van der Waals surface area contributed by atoms with E-state index in [1.165, 1.54) is 0 Å². The molecule has 0 spiro atoms. The fraction of sp³-hybridized carbons (Fsp3) is 0.286. The molecule has 0 fully saturated rings. The number of benzene rings is 1. The van der Waals surface area contributed by atoms with Crippen molar-refractivity contribution in [1.29, 1.82) is 0 Å². The quantitative estimate of drug-likeness (QED) is 0.898. The van der Waals surface area contributed by atoms with Gasteiger partial charge in [0.15, 0.2) is 0 Å². The van der Waals surface area contributed by atoms with Crippen LogP contribution in [0.1, 0.15) is 18.9 Å². The smallest absolute Gasteiger partial charge is 0.260 e. The first-order valence-corrected chi connectivity index (χ1v) is 6.68. The fourth-order valence-corrected chi connectivity index (χ4v) is 1.81. The molecule has 0 amide bonds. The third-order valence-electron chi connectivity index (χ3n) is 2.54. The van der Waals surface area contributed by atoms with Crippen LogP contribution in [0.5, 0.6) is 11.6 Å². The molecule has 1 N–H and O–H groups in total. The van der Waals surface area contributed by atoms with Crippen molar-refractivity contribution < 1.29 is 9.13 Å². The van der Waals surface area contributed by atoms with Crippen LogP contribution in [0.2, 0.25) is 5.02 Å². The second-order valence-electron chi connectivity index (χ2n) is 4.31. The molecule has 1 aromatic carbocycles. The minimum absolute atomic E-state index is 0.149. The lowest BCUT2D eigenvalue weighted by atomic mass is 10.2. The second-order valence-corrected chi connectivity index (χ2v) is 4.72. The van der Waals surface area contributed by atoms with Crippen LogP contribution in [-0.4, -0.2) is 16.5 Å². The zero-order valence-electron chi connectivity index (χ0n) is 11.3. The molecule has 2 rings (SSSR count). The Labute approximate surface area is 122 Å². The highest BCUT2D eigenvalue weighted by Gasteiger charge is 2.11. The van der Waals surface area contributed by atoms with Crippen LogP contribution in [-0.2, 0) is 0 Å². The standard InChI is InChI=1S/C14H15ClFN3O/c1-3-6-17-14-18-8-11(16)13(19-14)20-12-5-4-9(2)7-10(12)15/h4-5,7-8H,3,6H2,1-2H3,(H,17,18,19). The van der Waals surface area contributed by atoms with Crippen LogP contribution in [0, 0.1) is 12.7 Å². The van der Waals surface area contributed by atoms with Crippen molar-refractivity contribution in [3.05, 3.63) is 40.8 Å². The van der Waals surface area contributed by atoms with Gasteiger partial charge >= 0.3 is 0 Å². The van der Waals surface area contributed by atoms with Gasteiger partial charge in [-0.15, -0.1) is 0 Å². The summed E-state index contributed by atoms with van der Waals surface area (Å²) in [4.78, 5) is 7.83. The highest BCUT2D eigenvalue weighted by atomic mass is 35.5. The van der Waals surface area contributed by atoms with Gasteiger partial charge in [0, 0.05) is 6.54 Å². The van der Waals surface area contributed by atoms with Gasteiger partial charge in [0.2, 0.25) is 11.8 Å². The van der Waals surface area contributed by atoms with Crippen molar-refractivity contribution in [3.63, 3.8) is 0 Å². The molecule has 1 aromatic heterocycles. The topological polar surface area (TPSA) is 47.0 Å². The average Bonchev–Trinajstić information content (AvgIpc) is 2.42. The highest BCUT2D eigenvalue weighted by Crippen LogP contribution is 2.30. The van der Waals surface area contributed by atoms with E-state index in [0.717, 1.165) is 18.2 Å². The molecule has 0 aliphatic rings. The highest BCUT2D eigenvalue weighted by molar-refractivity contribution is 6.32. The fourth-order valence-electron chi connectivity index (χ4n) is 1.54. The predicted octanol–water partition coefficient (Wildman–Crippen LogP) is 4.19. The SMILES string of the molecule is CCCNc1ncc(F)c(Oc2ccc(C)cc2Cl)n1. The molecule has 106 valence electrons. The largest absolute Gasteiger partial charge is 0.435 e. The van der Waals surface area contributed by atoms with E-state index < -0.39 is 5.82 Å². The summed E-state index contributed by atoms with van der Waals surface area (Å²) < 4.78 is 19.1. The molecule has 0 atom stereocenters. The number of halogens is 2. The second kappa shape index (κ2) is 6.52. The number of aromatic nitrogens is 2. The van der Waals surface area contributed by atoms with Crippen LogP contribution < -0.4 is 10.1 Å².